The quantitative estimate of drug-likeness (QED) is 0.471. The van der Waals surface area contributed by atoms with Gasteiger partial charge in [0.25, 0.3) is 0 Å². The molecular weight excluding hydrogens is 205 g/mol. The molecule has 0 atom stereocenters. The van der Waals surface area contributed by atoms with Crippen LogP contribution in [-0.2, 0) is 0 Å². The van der Waals surface area contributed by atoms with Crippen molar-refractivity contribution in [3.05, 3.63) is 29.6 Å². The molecule has 0 bridgehead atoms. The minimum Gasteiger partial charge on any atom is -0.387 e. The molecule has 0 saturated carbocycles. The lowest BCUT2D eigenvalue weighted by Crippen LogP contribution is -2.10. The summed E-state index contributed by atoms with van der Waals surface area (Å²) in [6.45, 7) is 1.88. The smallest absolute Gasteiger partial charge is 0.196 e. The summed E-state index contributed by atoms with van der Waals surface area (Å²) in [5.74, 6) is -3.88. The number of hydrogen-bond donors (Lipinski definition) is 1. The Hall–Kier alpha value is -1.52. The van der Waals surface area contributed by atoms with Gasteiger partial charge in [0.05, 0.1) is 5.84 Å². The Morgan fingerprint density at radius 2 is 1.93 bits per heavy atom. The summed E-state index contributed by atoms with van der Waals surface area (Å²) in [5, 5.41) is 0. The summed E-state index contributed by atoms with van der Waals surface area (Å²) in [6, 6.07) is 1.87. The van der Waals surface area contributed by atoms with Gasteiger partial charge in [0.1, 0.15) is 5.69 Å². The summed E-state index contributed by atoms with van der Waals surface area (Å²) in [4.78, 5) is 3.66. The molecule has 0 fully saturated rings. The van der Waals surface area contributed by atoms with Crippen molar-refractivity contribution in [1.82, 2.24) is 0 Å². The van der Waals surface area contributed by atoms with Crippen molar-refractivity contribution >= 4 is 11.5 Å². The van der Waals surface area contributed by atoms with Crippen molar-refractivity contribution in [2.75, 3.05) is 0 Å². The Bertz CT molecular complexity index is 388. The van der Waals surface area contributed by atoms with Crippen LogP contribution in [0.1, 0.15) is 19.8 Å². The van der Waals surface area contributed by atoms with E-state index in [4.69, 9.17) is 5.73 Å². The lowest BCUT2D eigenvalue weighted by molar-refractivity contribution is 0.448. The van der Waals surface area contributed by atoms with Crippen LogP contribution in [0.3, 0.4) is 0 Å². The van der Waals surface area contributed by atoms with Crippen LogP contribution in [0.2, 0.25) is 0 Å². The van der Waals surface area contributed by atoms with Gasteiger partial charge in [-0.15, -0.1) is 0 Å². The first-order valence-electron chi connectivity index (χ1n) is 4.52. The average Bonchev–Trinajstić information content (AvgIpc) is 2.20. The highest BCUT2D eigenvalue weighted by Gasteiger charge is 2.12. The third kappa shape index (κ3) is 2.71. The number of hydrogen-bond acceptors (Lipinski definition) is 1. The molecule has 0 saturated heterocycles. The van der Waals surface area contributed by atoms with Gasteiger partial charge in [-0.1, -0.05) is 6.92 Å². The maximum absolute atomic E-state index is 13.1. The second-order valence-electron chi connectivity index (χ2n) is 3.05. The zero-order valence-electron chi connectivity index (χ0n) is 8.23. The van der Waals surface area contributed by atoms with E-state index in [1.807, 2.05) is 6.92 Å². The Kier molecular flexibility index (Phi) is 3.71. The SMILES string of the molecule is CCCC(N)=Nc1ccc(F)c(F)c1F. The molecule has 0 aromatic heterocycles. The zero-order valence-corrected chi connectivity index (χ0v) is 8.23. The fraction of sp³-hybridized carbons (Fsp3) is 0.300. The van der Waals surface area contributed by atoms with Gasteiger partial charge in [0, 0.05) is 6.42 Å². The fourth-order valence-corrected chi connectivity index (χ4v) is 1.07. The van der Waals surface area contributed by atoms with E-state index in [1.165, 1.54) is 0 Å². The van der Waals surface area contributed by atoms with Crippen molar-refractivity contribution in [3.63, 3.8) is 0 Å². The lowest BCUT2D eigenvalue weighted by Gasteiger charge is -2.01. The van der Waals surface area contributed by atoms with Gasteiger partial charge in [-0.05, 0) is 18.6 Å². The van der Waals surface area contributed by atoms with Gasteiger partial charge in [0.2, 0.25) is 0 Å². The summed E-state index contributed by atoms with van der Waals surface area (Å²) >= 11 is 0. The van der Waals surface area contributed by atoms with E-state index in [0.29, 0.717) is 6.42 Å². The van der Waals surface area contributed by atoms with Crippen LogP contribution < -0.4 is 5.73 Å². The molecule has 15 heavy (non-hydrogen) atoms. The summed E-state index contributed by atoms with van der Waals surface area (Å²) < 4.78 is 38.4. The summed E-state index contributed by atoms with van der Waals surface area (Å²) in [7, 11) is 0. The molecule has 0 spiro atoms. The maximum Gasteiger partial charge on any atom is 0.196 e. The van der Waals surface area contributed by atoms with Crippen molar-refractivity contribution in [3.8, 4) is 0 Å². The third-order valence-electron chi connectivity index (χ3n) is 1.78. The van der Waals surface area contributed by atoms with Gasteiger partial charge in [-0.3, -0.25) is 0 Å². The summed E-state index contributed by atoms with van der Waals surface area (Å²) in [5.41, 5.74) is 5.16. The number of rotatable bonds is 3. The van der Waals surface area contributed by atoms with E-state index in [1.54, 1.807) is 0 Å². The molecule has 2 N–H and O–H groups in total. The first-order chi connectivity index (χ1) is 7.06. The molecule has 0 aliphatic rings. The van der Waals surface area contributed by atoms with Crippen LogP contribution >= 0.6 is 0 Å². The molecule has 0 amide bonds. The number of nitrogens with two attached hydrogens (primary N) is 1. The van der Waals surface area contributed by atoms with Crippen LogP contribution in [-0.4, -0.2) is 5.84 Å². The standard InChI is InChI=1S/C10H11F3N2/c1-2-3-8(14)15-7-5-4-6(11)9(12)10(7)13/h4-5H,2-3H2,1H3,(H2,14,15). The zero-order chi connectivity index (χ0) is 11.4. The van der Waals surface area contributed by atoms with E-state index in [-0.39, 0.29) is 11.5 Å². The number of nitrogens with zero attached hydrogens (tertiary/aromatic N) is 1. The Balaban J connectivity index is 3.06. The van der Waals surface area contributed by atoms with Crippen LogP contribution in [0.25, 0.3) is 0 Å². The van der Waals surface area contributed by atoms with E-state index < -0.39 is 17.5 Å². The third-order valence-corrected chi connectivity index (χ3v) is 1.78. The van der Waals surface area contributed by atoms with Crippen LogP contribution in [0.5, 0.6) is 0 Å². The number of amidine groups is 1. The topological polar surface area (TPSA) is 38.4 Å². The van der Waals surface area contributed by atoms with E-state index in [0.717, 1.165) is 18.6 Å². The fourth-order valence-electron chi connectivity index (χ4n) is 1.07. The highest BCUT2D eigenvalue weighted by molar-refractivity contribution is 5.83. The van der Waals surface area contributed by atoms with Gasteiger partial charge in [-0.25, -0.2) is 18.2 Å². The molecule has 0 aliphatic heterocycles. The number of benzene rings is 1. The predicted octanol–water partition coefficient (Wildman–Crippen LogP) is 2.89. The molecule has 0 aliphatic carbocycles. The van der Waals surface area contributed by atoms with Crippen LogP contribution in [0, 0.1) is 17.5 Å². The molecule has 2 nitrogen and oxygen atoms in total. The highest BCUT2D eigenvalue weighted by Crippen LogP contribution is 2.22. The molecule has 0 unspecified atom stereocenters. The minimum atomic E-state index is -1.53. The Labute approximate surface area is 85.6 Å². The first-order valence-corrected chi connectivity index (χ1v) is 4.52. The van der Waals surface area contributed by atoms with Gasteiger partial charge < -0.3 is 5.73 Å². The number of aliphatic imine (C=N–C) groups is 1. The molecule has 1 aromatic carbocycles. The minimum absolute atomic E-state index is 0.197. The first kappa shape index (κ1) is 11.6. The molecule has 5 heteroatoms. The van der Waals surface area contributed by atoms with Crippen molar-refractivity contribution in [2.45, 2.75) is 19.8 Å². The van der Waals surface area contributed by atoms with Crippen molar-refractivity contribution in [1.29, 1.82) is 0 Å². The van der Waals surface area contributed by atoms with E-state index >= 15 is 0 Å². The molecule has 1 rings (SSSR count). The monoisotopic (exact) mass is 216 g/mol. The average molecular weight is 216 g/mol. The van der Waals surface area contributed by atoms with Crippen molar-refractivity contribution in [2.24, 2.45) is 10.7 Å². The van der Waals surface area contributed by atoms with Gasteiger partial charge in [0.15, 0.2) is 17.5 Å². The van der Waals surface area contributed by atoms with E-state index in [2.05, 4.69) is 4.99 Å². The number of halogens is 3. The van der Waals surface area contributed by atoms with Gasteiger partial charge in [-0.2, -0.15) is 0 Å². The predicted molar refractivity (Wildman–Crippen MR) is 52.5 cm³/mol. The van der Waals surface area contributed by atoms with E-state index in [9.17, 15) is 13.2 Å². The molecular formula is C10H11F3N2. The second kappa shape index (κ2) is 4.82. The maximum atomic E-state index is 13.1. The molecule has 1 aromatic rings. The Morgan fingerprint density at radius 3 is 2.53 bits per heavy atom. The highest BCUT2D eigenvalue weighted by atomic mass is 19.2. The lowest BCUT2D eigenvalue weighted by atomic mass is 10.2. The van der Waals surface area contributed by atoms with Crippen LogP contribution in [0.4, 0.5) is 18.9 Å². The molecule has 0 radical (unpaired) electrons. The van der Waals surface area contributed by atoms with Crippen molar-refractivity contribution < 1.29 is 13.2 Å². The summed E-state index contributed by atoms with van der Waals surface area (Å²) in [6.07, 6.45) is 1.24. The Morgan fingerprint density at radius 1 is 1.27 bits per heavy atom. The second-order valence-corrected chi connectivity index (χ2v) is 3.05. The van der Waals surface area contributed by atoms with Crippen LogP contribution in [0.15, 0.2) is 17.1 Å². The van der Waals surface area contributed by atoms with Gasteiger partial charge >= 0.3 is 0 Å². The largest absolute Gasteiger partial charge is 0.387 e. The molecule has 82 valence electrons. The normalized spacial score (nSPS) is 11.9. The molecule has 0 heterocycles.